The molecule has 24 heavy (non-hydrogen) atoms. The number of likely N-dealkylation sites (tertiary alicyclic amines) is 1. The number of nitrogens with zero attached hydrogens (tertiary/aromatic N) is 4. The largest absolute Gasteiger partial charge is 0.361 e. The highest BCUT2D eigenvalue weighted by atomic mass is 16.5. The highest BCUT2D eigenvalue weighted by Gasteiger charge is 2.26. The average Bonchev–Trinajstić information content (AvgIpc) is 3.10. The predicted molar refractivity (Wildman–Crippen MR) is 94.8 cm³/mol. The predicted octanol–water partition coefficient (Wildman–Crippen LogP) is 4.27. The zero-order valence-electron chi connectivity index (χ0n) is 15.3. The van der Waals surface area contributed by atoms with E-state index in [4.69, 9.17) is 4.52 Å². The van der Waals surface area contributed by atoms with Gasteiger partial charge >= 0.3 is 0 Å². The van der Waals surface area contributed by atoms with Crippen molar-refractivity contribution in [3.05, 3.63) is 35.0 Å². The second-order valence-corrected chi connectivity index (χ2v) is 6.90. The van der Waals surface area contributed by atoms with E-state index in [1.807, 2.05) is 4.68 Å². The molecule has 1 saturated heterocycles. The van der Waals surface area contributed by atoms with Crippen molar-refractivity contribution in [2.24, 2.45) is 0 Å². The Morgan fingerprint density at radius 3 is 2.88 bits per heavy atom. The first-order chi connectivity index (χ1) is 11.7. The lowest BCUT2D eigenvalue weighted by Crippen LogP contribution is -2.28. The van der Waals surface area contributed by atoms with Gasteiger partial charge in [-0.15, -0.1) is 0 Å². The second kappa shape index (κ2) is 7.97. The molecule has 0 aliphatic carbocycles. The van der Waals surface area contributed by atoms with Crippen LogP contribution in [0, 0.1) is 6.92 Å². The van der Waals surface area contributed by atoms with Crippen molar-refractivity contribution in [3.8, 4) is 0 Å². The maximum absolute atomic E-state index is 5.55. The Morgan fingerprint density at radius 2 is 2.12 bits per heavy atom. The molecule has 0 N–H and O–H groups in total. The van der Waals surface area contributed by atoms with Gasteiger partial charge in [0, 0.05) is 37.3 Å². The summed E-state index contributed by atoms with van der Waals surface area (Å²) in [5, 5.41) is 9.00. The van der Waals surface area contributed by atoms with Crippen LogP contribution in [0.3, 0.4) is 0 Å². The number of rotatable bonds is 6. The molecule has 132 valence electrons. The van der Waals surface area contributed by atoms with Gasteiger partial charge in [-0.05, 0) is 39.7 Å². The molecule has 0 aromatic carbocycles. The van der Waals surface area contributed by atoms with Gasteiger partial charge in [-0.1, -0.05) is 24.9 Å². The van der Waals surface area contributed by atoms with Crippen molar-refractivity contribution in [2.75, 3.05) is 6.54 Å². The fourth-order valence-electron chi connectivity index (χ4n) is 3.64. The molecule has 0 unspecified atom stereocenters. The summed E-state index contributed by atoms with van der Waals surface area (Å²) in [6.07, 6.45) is 9.27. The molecule has 3 heterocycles. The van der Waals surface area contributed by atoms with Crippen LogP contribution >= 0.6 is 0 Å². The SMILES string of the molecule is CCCc1cc([C@H]2CCCCCN2Cc2cn(CC)nc2C)no1. The first-order valence-electron chi connectivity index (χ1n) is 9.43. The van der Waals surface area contributed by atoms with Crippen molar-refractivity contribution in [3.63, 3.8) is 0 Å². The highest BCUT2D eigenvalue weighted by Crippen LogP contribution is 2.31. The van der Waals surface area contributed by atoms with Crippen LogP contribution in [0.1, 0.15) is 74.7 Å². The molecule has 3 rings (SSSR count). The second-order valence-electron chi connectivity index (χ2n) is 6.90. The zero-order valence-corrected chi connectivity index (χ0v) is 15.3. The van der Waals surface area contributed by atoms with Crippen LogP contribution in [0.25, 0.3) is 0 Å². The minimum absolute atomic E-state index is 0.367. The Hall–Kier alpha value is -1.62. The molecule has 2 aromatic heterocycles. The van der Waals surface area contributed by atoms with Crippen LogP contribution in [0.5, 0.6) is 0 Å². The van der Waals surface area contributed by atoms with Crippen molar-refractivity contribution in [1.82, 2.24) is 19.8 Å². The summed E-state index contributed by atoms with van der Waals surface area (Å²) in [6.45, 7) is 9.42. The van der Waals surface area contributed by atoms with E-state index in [1.54, 1.807) is 0 Å². The summed E-state index contributed by atoms with van der Waals surface area (Å²) in [4.78, 5) is 2.57. The van der Waals surface area contributed by atoms with Gasteiger partial charge < -0.3 is 4.52 Å². The fourth-order valence-corrected chi connectivity index (χ4v) is 3.64. The third-order valence-corrected chi connectivity index (χ3v) is 5.02. The van der Waals surface area contributed by atoms with E-state index in [1.165, 1.54) is 31.2 Å². The van der Waals surface area contributed by atoms with Gasteiger partial charge in [-0.2, -0.15) is 5.10 Å². The monoisotopic (exact) mass is 330 g/mol. The van der Waals surface area contributed by atoms with Gasteiger partial charge in [-0.25, -0.2) is 0 Å². The molecule has 2 aromatic rings. The van der Waals surface area contributed by atoms with Crippen LogP contribution in [0.2, 0.25) is 0 Å². The maximum atomic E-state index is 5.55. The molecule has 0 amide bonds. The zero-order chi connectivity index (χ0) is 16.9. The smallest absolute Gasteiger partial charge is 0.137 e. The van der Waals surface area contributed by atoms with Gasteiger partial charge in [-0.3, -0.25) is 9.58 Å². The van der Waals surface area contributed by atoms with Crippen molar-refractivity contribution in [1.29, 1.82) is 0 Å². The molecule has 0 spiro atoms. The Labute approximate surface area is 145 Å². The lowest BCUT2D eigenvalue weighted by molar-refractivity contribution is 0.183. The third-order valence-electron chi connectivity index (χ3n) is 5.02. The van der Waals surface area contributed by atoms with E-state index in [2.05, 4.69) is 48.2 Å². The van der Waals surface area contributed by atoms with Gasteiger partial charge in [0.15, 0.2) is 0 Å². The lowest BCUT2D eigenvalue weighted by Gasteiger charge is -2.28. The number of hydrogen-bond donors (Lipinski definition) is 0. The van der Waals surface area contributed by atoms with Gasteiger partial charge in [0.2, 0.25) is 0 Å². The Kier molecular flexibility index (Phi) is 5.72. The number of aromatic nitrogens is 3. The highest BCUT2D eigenvalue weighted by molar-refractivity contribution is 5.17. The number of aryl methyl sites for hydroxylation is 3. The number of hydrogen-bond acceptors (Lipinski definition) is 4. The summed E-state index contributed by atoms with van der Waals surface area (Å²) in [6, 6.07) is 2.54. The molecular weight excluding hydrogens is 300 g/mol. The minimum atomic E-state index is 0.367. The van der Waals surface area contributed by atoms with Crippen molar-refractivity contribution in [2.45, 2.75) is 78.4 Å². The molecule has 1 fully saturated rings. The van der Waals surface area contributed by atoms with E-state index in [0.717, 1.165) is 49.6 Å². The van der Waals surface area contributed by atoms with E-state index >= 15 is 0 Å². The standard InChI is InChI=1S/C19H30N4O/c1-4-9-17-12-18(21-24-17)19-10-7-6-8-11-22(19)13-16-14-23(5-2)20-15(16)3/h12,14,19H,4-11,13H2,1-3H3/t19-/m1/s1. The molecule has 5 nitrogen and oxygen atoms in total. The molecule has 1 aliphatic rings. The van der Waals surface area contributed by atoms with E-state index < -0.39 is 0 Å². The molecule has 0 bridgehead atoms. The summed E-state index contributed by atoms with van der Waals surface area (Å²) in [5.41, 5.74) is 3.59. The molecule has 0 radical (unpaired) electrons. The Bertz CT molecular complexity index is 646. The topological polar surface area (TPSA) is 47.1 Å². The quantitative estimate of drug-likeness (QED) is 0.793. The normalized spacial score (nSPS) is 19.5. The van der Waals surface area contributed by atoms with Crippen molar-refractivity contribution >= 4 is 0 Å². The van der Waals surface area contributed by atoms with Gasteiger partial charge in [0.05, 0.1) is 11.7 Å². The first-order valence-corrected chi connectivity index (χ1v) is 9.43. The van der Waals surface area contributed by atoms with Gasteiger partial charge in [0.1, 0.15) is 11.5 Å². The van der Waals surface area contributed by atoms with Crippen LogP contribution in [-0.2, 0) is 19.5 Å². The Balaban J connectivity index is 1.79. The van der Waals surface area contributed by atoms with Crippen molar-refractivity contribution < 1.29 is 4.52 Å². The third kappa shape index (κ3) is 3.89. The van der Waals surface area contributed by atoms with Crippen LogP contribution in [0.4, 0.5) is 0 Å². The van der Waals surface area contributed by atoms with E-state index in [0.29, 0.717) is 6.04 Å². The minimum Gasteiger partial charge on any atom is -0.361 e. The summed E-state index contributed by atoms with van der Waals surface area (Å²) in [5.74, 6) is 1.02. The molecular formula is C19H30N4O. The molecule has 5 heteroatoms. The van der Waals surface area contributed by atoms with E-state index in [9.17, 15) is 0 Å². The molecule has 1 atom stereocenters. The van der Waals surface area contributed by atoms with Crippen LogP contribution in [-0.4, -0.2) is 26.4 Å². The lowest BCUT2D eigenvalue weighted by atomic mass is 10.1. The Morgan fingerprint density at radius 1 is 1.25 bits per heavy atom. The summed E-state index contributed by atoms with van der Waals surface area (Å²) in [7, 11) is 0. The molecule has 1 aliphatic heterocycles. The molecule has 0 saturated carbocycles. The van der Waals surface area contributed by atoms with Gasteiger partial charge in [0.25, 0.3) is 0 Å². The maximum Gasteiger partial charge on any atom is 0.137 e. The first kappa shape index (κ1) is 17.2. The van der Waals surface area contributed by atoms with E-state index in [-0.39, 0.29) is 0 Å². The van der Waals surface area contributed by atoms with Crippen LogP contribution in [0.15, 0.2) is 16.8 Å². The summed E-state index contributed by atoms with van der Waals surface area (Å²) >= 11 is 0. The van der Waals surface area contributed by atoms with Crippen LogP contribution < -0.4 is 0 Å². The average molecular weight is 330 g/mol. The summed E-state index contributed by atoms with van der Waals surface area (Å²) < 4.78 is 7.58. The fraction of sp³-hybridized carbons (Fsp3) is 0.684.